The van der Waals surface area contributed by atoms with Crippen molar-refractivity contribution in [2.45, 2.75) is 25.3 Å². The lowest BCUT2D eigenvalue weighted by Crippen LogP contribution is -2.47. The van der Waals surface area contributed by atoms with Gasteiger partial charge in [0, 0.05) is 25.3 Å². The highest BCUT2D eigenvalue weighted by molar-refractivity contribution is 5.85. The zero-order chi connectivity index (χ0) is 18.2. The van der Waals surface area contributed by atoms with Gasteiger partial charge in [0.15, 0.2) is 11.5 Å². The Bertz CT molecular complexity index is 579. The number of carbonyl (C=O) groups excluding carboxylic acids is 1. The van der Waals surface area contributed by atoms with Crippen LogP contribution in [0.25, 0.3) is 0 Å². The number of hydrogen-bond acceptors (Lipinski definition) is 6. The number of benzene rings is 1. The molecule has 0 aromatic heterocycles. The summed E-state index contributed by atoms with van der Waals surface area (Å²) in [5, 5.41) is 2.91. The minimum Gasteiger partial charge on any atom is -0.493 e. The molecule has 26 heavy (non-hydrogen) atoms. The van der Waals surface area contributed by atoms with Gasteiger partial charge in [0.05, 0.1) is 27.4 Å². The van der Waals surface area contributed by atoms with Crippen LogP contribution in [0.3, 0.4) is 0 Å². The quantitative estimate of drug-likeness (QED) is 0.702. The molecule has 1 aromatic carbocycles. The summed E-state index contributed by atoms with van der Waals surface area (Å²) in [5.41, 5.74) is 7.01. The Hall–Kier alpha value is -1.70. The van der Waals surface area contributed by atoms with Gasteiger partial charge in [0.25, 0.3) is 0 Å². The van der Waals surface area contributed by atoms with Crippen LogP contribution in [0.2, 0.25) is 0 Å². The Morgan fingerprint density at radius 3 is 2.42 bits per heavy atom. The molecule has 0 radical (unpaired) electrons. The molecule has 0 aliphatic carbocycles. The van der Waals surface area contributed by atoms with Crippen LogP contribution in [0.5, 0.6) is 17.2 Å². The summed E-state index contributed by atoms with van der Waals surface area (Å²) in [4.78, 5) is 12.3. The molecule has 0 bridgehead atoms. The third-order valence-electron chi connectivity index (χ3n) is 4.56. The van der Waals surface area contributed by atoms with E-state index in [9.17, 15) is 4.79 Å². The largest absolute Gasteiger partial charge is 0.493 e. The number of nitrogens with one attached hydrogen (secondary N) is 1. The van der Waals surface area contributed by atoms with Gasteiger partial charge in [-0.2, -0.15) is 0 Å². The van der Waals surface area contributed by atoms with Crippen molar-refractivity contribution in [3.05, 3.63) is 17.7 Å². The molecular formula is C18H29ClN2O5. The van der Waals surface area contributed by atoms with E-state index in [1.54, 1.807) is 21.3 Å². The number of ether oxygens (including phenoxy) is 4. The molecular weight excluding hydrogens is 360 g/mol. The van der Waals surface area contributed by atoms with Gasteiger partial charge in [0.2, 0.25) is 11.7 Å². The summed E-state index contributed by atoms with van der Waals surface area (Å²) < 4.78 is 21.4. The molecule has 1 aliphatic heterocycles. The smallest absolute Gasteiger partial charge is 0.237 e. The first-order valence-electron chi connectivity index (χ1n) is 8.51. The molecule has 0 saturated carbocycles. The predicted octanol–water partition coefficient (Wildman–Crippen LogP) is 1.55. The van der Waals surface area contributed by atoms with Gasteiger partial charge in [-0.3, -0.25) is 4.79 Å². The van der Waals surface area contributed by atoms with Gasteiger partial charge in [-0.15, -0.1) is 12.4 Å². The van der Waals surface area contributed by atoms with Gasteiger partial charge in [-0.05, 0) is 31.2 Å². The lowest BCUT2D eigenvalue weighted by atomic mass is 9.92. The van der Waals surface area contributed by atoms with Crippen LogP contribution in [0, 0.1) is 5.92 Å². The fourth-order valence-electron chi connectivity index (χ4n) is 3.09. The first-order valence-corrected chi connectivity index (χ1v) is 8.51. The van der Waals surface area contributed by atoms with E-state index < -0.39 is 6.04 Å². The Kier molecular flexibility index (Phi) is 9.54. The van der Waals surface area contributed by atoms with E-state index in [4.69, 9.17) is 24.7 Å². The zero-order valence-electron chi connectivity index (χ0n) is 15.6. The van der Waals surface area contributed by atoms with Crippen LogP contribution in [0.4, 0.5) is 0 Å². The standard InChI is InChI=1S/C18H28N2O5.ClH/c1-22-14-5-4-13(16(23-2)17(14)24-3)6-9-20-18(21)15(19)12-7-10-25-11-8-12;/h4-5,12,15H,6-11,19H2,1-3H3,(H,20,21);1H. The Balaban J connectivity index is 0.00000338. The van der Waals surface area contributed by atoms with E-state index >= 15 is 0 Å². The summed E-state index contributed by atoms with van der Waals surface area (Å²) in [5.74, 6) is 1.84. The zero-order valence-corrected chi connectivity index (χ0v) is 16.4. The first-order chi connectivity index (χ1) is 12.1. The van der Waals surface area contributed by atoms with Gasteiger partial charge < -0.3 is 30.0 Å². The normalized spacial score (nSPS) is 15.5. The van der Waals surface area contributed by atoms with Crippen LogP contribution in [0.1, 0.15) is 18.4 Å². The minimum atomic E-state index is -0.490. The van der Waals surface area contributed by atoms with E-state index in [0.717, 1.165) is 18.4 Å². The number of nitrogens with two attached hydrogens (primary N) is 1. The fourth-order valence-corrected chi connectivity index (χ4v) is 3.09. The molecule has 1 aliphatic rings. The molecule has 1 amide bonds. The summed E-state index contributed by atoms with van der Waals surface area (Å²) in [6, 6.07) is 3.24. The second-order valence-electron chi connectivity index (χ2n) is 6.01. The molecule has 1 fully saturated rings. The maximum atomic E-state index is 12.3. The Morgan fingerprint density at radius 2 is 1.85 bits per heavy atom. The second kappa shape index (κ2) is 11.1. The Labute approximate surface area is 160 Å². The van der Waals surface area contributed by atoms with Gasteiger partial charge in [0.1, 0.15) is 0 Å². The van der Waals surface area contributed by atoms with E-state index in [1.807, 2.05) is 12.1 Å². The SMILES string of the molecule is COc1ccc(CCNC(=O)C(N)C2CCOCC2)c(OC)c1OC.Cl. The molecule has 1 aromatic rings. The molecule has 0 spiro atoms. The van der Waals surface area contributed by atoms with E-state index in [1.165, 1.54) is 0 Å². The maximum absolute atomic E-state index is 12.3. The number of halogens is 1. The lowest BCUT2D eigenvalue weighted by Gasteiger charge is -2.26. The van der Waals surface area contributed by atoms with Crippen molar-refractivity contribution in [2.75, 3.05) is 41.1 Å². The van der Waals surface area contributed by atoms with E-state index in [0.29, 0.717) is 43.4 Å². The van der Waals surface area contributed by atoms with Crippen molar-refractivity contribution in [3.8, 4) is 17.2 Å². The van der Waals surface area contributed by atoms with Crippen LogP contribution in [-0.4, -0.2) is 53.0 Å². The summed E-state index contributed by atoms with van der Waals surface area (Å²) in [7, 11) is 4.73. The summed E-state index contributed by atoms with van der Waals surface area (Å²) in [6.07, 6.45) is 2.27. The van der Waals surface area contributed by atoms with Crippen LogP contribution >= 0.6 is 12.4 Å². The molecule has 7 nitrogen and oxygen atoms in total. The maximum Gasteiger partial charge on any atom is 0.237 e. The van der Waals surface area contributed by atoms with Gasteiger partial charge >= 0.3 is 0 Å². The number of hydrogen-bond donors (Lipinski definition) is 2. The highest BCUT2D eigenvalue weighted by atomic mass is 35.5. The third-order valence-corrected chi connectivity index (χ3v) is 4.56. The molecule has 1 unspecified atom stereocenters. The highest BCUT2D eigenvalue weighted by Crippen LogP contribution is 2.39. The summed E-state index contributed by atoms with van der Waals surface area (Å²) >= 11 is 0. The predicted molar refractivity (Wildman–Crippen MR) is 102 cm³/mol. The molecule has 148 valence electrons. The minimum absolute atomic E-state index is 0. The van der Waals surface area contributed by atoms with Crippen LogP contribution in [0.15, 0.2) is 12.1 Å². The lowest BCUT2D eigenvalue weighted by molar-refractivity contribution is -0.124. The number of amides is 1. The van der Waals surface area contributed by atoms with Crippen molar-refractivity contribution in [1.29, 1.82) is 0 Å². The third kappa shape index (κ3) is 5.40. The molecule has 1 heterocycles. The second-order valence-corrected chi connectivity index (χ2v) is 6.01. The average Bonchev–Trinajstić information content (AvgIpc) is 2.67. The van der Waals surface area contributed by atoms with Gasteiger partial charge in [-0.25, -0.2) is 0 Å². The highest BCUT2D eigenvalue weighted by Gasteiger charge is 2.26. The van der Waals surface area contributed by atoms with E-state index in [-0.39, 0.29) is 24.2 Å². The monoisotopic (exact) mass is 388 g/mol. The Morgan fingerprint density at radius 1 is 1.19 bits per heavy atom. The van der Waals surface area contributed by atoms with E-state index in [2.05, 4.69) is 5.32 Å². The van der Waals surface area contributed by atoms with Crippen molar-refractivity contribution in [3.63, 3.8) is 0 Å². The van der Waals surface area contributed by atoms with Crippen molar-refractivity contribution < 1.29 is 23.7 Å². The number of rotatable bonds is 8. The van der Waals surface area contributed by atoms with Crippen LogP contribution < -0.4 is 25.3 Å². The molecule has 1 atom stereocenters. The molecule has 8 heteroatoms. The number of carbonyl (C=O) groups is 1. The molecule has 3 N–H and O–H groups in total. The number of methoxy groups -OCH3 is 3. The first kappa shape index (κ1) is 22.3. The van der Waals surface area contributed by atoms with Gasteiger partial charge in [-0.1, -0.05) is 6.07 Å². The van der Waals surface area contributed by atoms with Crippen molar-refractivity contribution >= 4 is 18.3 Å². The topological polar surface area (TPSA) is 92.0 Å². The van der Waals surface area contributed by atoms with Crippen molar-refractivity contribution in [2.24, 2.45) is 11.7 Å². The van der Waals surface area contributed by atoms with Crippen LogP contribution in [-0.2, 0) is 16.0 Å². The fraction of sp³-hybridized carbons (Fsp3) is 0.611. The molecule has 2 rings (SSSR count). The summed E-state index contributed by atoms with van der Waals surface area (Å²) in [6.45, 7) is 1.82. The molecule has 1 saturated heterocycles. The van der Waals surface area contributed by atoms with Crippen molar-refractivity contribution in [1.82, 2.24) is 5.32 Å². The average molecular weight is 389 g/mol.